The summed E-state index contributed by atoms with van der Waals surface area (Å²) in [7, 11) is 1.99. The quantitative estimate of drug-likeness (QED) is 0.669. The molecule has 2 heteroatoms. The summed E-state index contributed by atoms with van der Waals surface area (Å²) in [6.45, 7) is 1.75. The van der Waals surface area contributed by atoms with Crippen LogP contribution >= 0.6 is 0 Å². The van der Waals surface area contributed by atoms with Gasteiger partial charge in [0.15, 0.2) is 0 Å². The van der Waals surface area contributed by atoms with Crippen molar-refractivity contribution in [1.82, 2.24) is 5.32 Å². The number of ketones is 1. The van der Waals surface area contributed by atoms with Crippen molar-refractivity contribution in [2.24, 2.45) is 17.8 Å². The van der Waals surface area contributed by atoms with Gasteiger partial charge in [0.25, 0.3) is 0 Å². The van der Waals surface area contributed by atoms with Gasteiger partial charge in [-0.15, -0.1) is 0 Å². The fourth-order valence-electron chi connectivity index (χ4n) is 3.29. The molecule has 68 valence electrons. The van der Waals surface area contributed by atoms with Crippen molar-refractivity contribution >= 4 is 5.78 Å². The second kappa shape index (κ2) is 2.84. The Morgan fingerprint density at radius 3 is 2.50 bits per heavy atom. The van der Waals surface area contributed by atoms with Gasteiger partial charge in [0, 0.05) is 12.0 Å². The normalized spacial score (nSPS) is 45.2. The lowest BCUT2D eigenvalue weighted by Gasteiger charge is -2.28. The number of hydrogen-bond donors (Lipinski definition) is 1. The van der Waals surface area contributed by atoms with Crippen LogP contribution in [0.25, 0.3) is 0 Å². The van der Waals surface area contributed by atoms with Gasteiger partial charge in [0.05, 0.1) is 0 Å². The van der Waals surface area contributed by atoms with Crippen LogP contribution in [-0.2, 0) is 4.79 Å². The Bertz CT molecular complexity index is 202. The van der Waals surface area contributed by atoms with E-state index in [0.717, 1.165) is 5.92 Å². The van der Waals surface area contributed by atoms with E-state index in [1.165, 1.54) is 19.3 Å². The van der Waals surface area contributed by atoms with Crippen molar-refractivity contribution in [3.63, 3.8) is 0 Å². The molecule has 2 rings (SSSR count). The van der Waals surface area contributed by atoms with Crippen LogP contribution in [0.3, 0.4) is 0 Å². The largest absolute Gasteiger partial charge is 0.316 e. The highest BCUT2D eigenvalue weighted by Crippen LogP contribution is 2.48. The maximum Gasteiger partial charge on any atom is 0.134 e. The molecule has 4 atom stereocenters. The molecule has 0 amide bonds. The molecule has 0 spiro atoms. The predicted molar refractivity (Wildman–Crippen MR) is 47.8 cm³/mol. The number of hydrogen-bond acceptors (Lipinski definition) is 2. The summed E-state index contributed by atoms with van der Waals surface area (Å²) in [5.41, 5.74) is 0. The van der Waals surface area contributed by atoms with Gasteiger partial charge in [-0.1, -0.05) is 0 Å². The van der Waals surface area contributed by atoms with Gasteiger partial charge in [0.2, 0.25) is 0 Å². The second-order valence-electron chi connectivity index (χ2n) is 4.28. The molecular formula is C10H17NO. The fraction of sp³-hybridized carbons (Fsp3) is 0.900. The van der Waals surface area contributed by atoms with Crippen molar-refractivity contribution in [1.29, 1.82) is 0 Å². The zero-order valence-electron chi connectivity index (χ0n) is 7.84. The molecule has 0 saturated heterocycles. The highest BCUT2D eigenvalue weighted by atomic mass is 16.1. The van der Waals surface area contributed by atoms with Crippen LogP contribution in [0.1, 0.15) is 26.2 Å². The minimum Gasteiger partial charge on any atom is -0.316 e. The highest BCUT2D eigenvalue weighted by molar-refractivity contribution is 5.80. The van der Waals surface area contributed by atoms with E-state index in [9.17, 15) is 4.79 Å². The second-order valence-corrected chi connectivity index (χ2v) is 4.28. The molecule has 2 saturated carbocycles. The lowest BCUT2D eigenvalue weighted by molar-refractivity contribution is -0.122. The maximum absolute atomic E-state index is 11.4. The lowest BCUT2D eigenvalue weighted by atomic mass is 9.82. The van der Waals surface area contributed by atoms with Gasteiger partial charge in [-0.3, -0.25) is 4.79 Å². The lowest BCUT2D eigenvalue weighted by Crippen LogP contribution is -2.41. The van der Waals surface area contributed by atoms with E-state index in [1.807, 2.05) is 7.05 Å². The SMILES string of the molecule is CN[C@H]1C2CCC(C2)[C@H]1C(C)=O. The van der Waals surface area contributed by atoms with Crippen LogP contribution in [0.4, 0.5) is 0 Å². The maximum atomic E-state index is 11.4. The van der Waals surface area contributed by atoms with E-state index >= 15 is 0 Å². The Morgan fingerprint density at radius 1 is 1.33 bits per heavy atom. The van der Waals surface area contributed by atoms with Gasteiger partial charge in [-0.05, 0) is 45.1 Å². The van der Waals surface area contributed by atoms with Crippen LogP contribution in [0.15, 0.2) is 0 Å². The van der Waals surface area contributed by atoms with E-state index in [4.69, 9.17) is 0 Å². The van der Waals surface area contributed by atoms with Crippen molar-refractivity contribution in [2.75, 3.05) is 7.05 Å². The van der Waals surface area contributed by atoms with Crippen LogP contribution in [0, 0.1) is 17.8 Å². The number of Topliss-reactive ketones (excluding diaryl/α,β-unsaturated/α-hetero) is 1. The molecule has 2 fully saturated rings. The van der Waals surface area contributed by atoms with Gasteiger partial charge >= 0.3 is 0 Å². The summed E-state index contributed by atoms with van der Waals surface area (Å²) in [6, 6.07) is 0.487. The van der Waals surface area contributed by atoms with Gasteiger partial charge in [-0.2, -0.15) is 0 Å². The monoisotopic (exact) mass is 167 g/mol. The fourth-order valence-corrected chi connectivity index (χ4v) is 3.29. The summed E-state index contributed by atoms with van der Waals surface area (Å²) < 4.78 is 0. The zero-order chi connectivity index (χ0) is 8.72. The third-order valence-corrected chi connectivity index (χ3v) is 3.72. The Kier molecular flexibility index (Phi) is 1.95. The topological polar surface area (TPSA) is 29.1 Å². The molecule has 12 heavy (non-hydrogen) atoms. The van der Waals surface area contributed by atoms with E-state index in [1.54, 1.807) is 6.92 Å². The van der Waals surface area contributed by atoms with Crippen molar-refractivity contribution in [3.8, 4) is 0 Å². The molecule has 2 nitrogen and oxygen atoms in total. The number of rotatable bonds is 2. The summed E-state index contributed by atoms with van der Waals surface area (Å²) in [4.78, 5) is 11.4. The highest BCUT2D eigenvalue weighted by Gasteiger charge is 2.48. The van der Waals surface area contributed by atoms with E-state index < -0.39 is 0 Å². The van der Waals surface area contributed by atoms with Crippen molar-refractivity contribution in [2.45, 2.75) is 32.2 Å². The Labute approximate surface area is 73.7 Å². The van der Waals surface area contributed by atoms with Crippen LogP contribution < -0.4 is 5.32 Å². The minimum absolute atomic E-state index is 0.328. The molecule has 0 aromatic carbocycles. The summed E-state index contributed by atoms with van der Waals surface area (Å²) in [6.07, 6.45) is 3.91. The smallest absolute Gasteiger partial charge is 0.134 e. The third kappa shape index (κ3) is 1.01. The molecular weight excluding hydrogens is 150 g/mol. The first-order valence-electron chi connectivity index (χ1n) is 4.91. The number of nitrogens with one attached hydrogen (secondary N) is 1. The van der Waals surface area contributed by atoms with Gasteiger partial charge in [-0.25, -0.2) is 0 Å². The van der Waals surface area contributed by atoms with Gasteiger partial charge < -0.3 is 5.32 Å². The van der Waals surface area contributed by atoms with E-state index in [0.29, 0.717) is 23.7 Å². The average Bonchev–Trinajstić information content (AvgIpc) is 2.60. The summed E-state index contributed by atoms with van der Waals surface area (Å²) >= 11 is 0. The first-order chi connectivity index (χ1) is 5.74. The molecule has 0 aromatic rings. The molecule has 2 aliphatic rings. The van der Waals surface area contributed by atoms with Crippen LogP contribution in [-0.4, -0.2) is 18.9 Å². The number of fused-ring (bicyclic) bond motifs is 2. The predicted octanol–water partition coefficient (Wildman–Crippen LogP) is 1.21. The Balaban J connectivity index is 2.16. The average molecular weight is 167 g/mol. The molecule has 0 heterocycles. The minimum atomic E-state index is 0.328. The van der Waals surface area contributed by atoms with E-state index in [-0.39, 0.29) is 0 Å². The van der Waals surface area contributed by atoms with Crippen LogP contribution in [0.5, 0.6) is 0 Å². The number of carbonyl (C=O) groups excluding carboxylic acids is 1. The summed E-state index contributed by atoms with van der Waals surface area (Å²) in [5, 5.41) is 3.31. The third-order valence-electron chi connectivity index (χ3n) is 3.72. The van der Waals surface area contributed by atoms with E-state index in [2.05, 4.69) is 5.32 Å². The van der Waals surface area contributed by atoms with Crippen LogP contribution in [0.2, 0.25) is 0 Å². The first-order valence-corrected chi connectivity index (χ1v) is 4.91. The molecule has 0 aliphatic heterocycles. The standard InChI is InChI=1S/C10H17NO/c1-6(12)9-7-3-4-8(5-7)10(9)11-2/h7-11H,3-5H2,1-2H3/t7?,8?,9-,10+/m1/s1. The summed E-state index contributed by atoms with van der Waals surface area (Å²) in [5.74, 6) is 2.20. The van der Waals surface area contributed by atoms with Crippen molar-refractivity contribution in [3.05, 3.63) is 0 Å². The molecule has 2 unspecified atom stereocenters. The number of carbonyl (C=O) groups is 1. The van der Waals surface area contributed by atoms with Gasteiger partial charge in [0.1, 0.15) is 5.78 Å². The molecule has 0 aromatic heterocycles. The Hall–Kier alpha value is -0.370. The zero-order valence-corrected chi connectivity index (χ0v) is 7.84. The molecule has 2 aliphatic carbocycles. The molecule has 1 N–H and O–H groups in total. The first kappa shape index (κ1) is 8.24. The molecule has 0 radical (unpaired) electrons. The molecule has 2 bridgehead atoms. The van der Waals surface area contributed by atoms with Crippen molar-refractivity contribution < 1.29 is 4.79 Å². The Morgan fingerprint density at radius 2 is 2.00 bits per heavy atom.